The quantitative estimate of drug-likeness (QED) is 0.325. The molecule has 6 rings (SSSR count). The fourth-order valence-corrected chi connectivity index (χ4v) is 7.95. The number of piperidine rings is 1. The SMILES string of the molecule is O=S(=O)(c1cccc2ncccc12)N1CCCC[C@@H]1CCN1CC=C(c2c[nH]c3ccc(Cl)cc23)CC1. The lowest BCUT2D eigenvalue weighted by Crippen LogP contribution is -2.45. The molecule has 2 aliphatic heterocycles. The molecule has 4 aromatic rings. The van der Waals surface area contributed by atoms with Gasteiger partial charge in [-0.1, -0.05) is 30.2 Å². The van der Waals surface area contributed by atoms with Crippen LogP contribution >= 0.6 is 11.6 Å². The number of aromatic amines is 1. The molecule has 0 radical (unpaired) electrons. The highest BCUT2D eigenvalue weighted by atomic mass is 35.5. The van der Waals surface area contributed by atoms with Crippen molar-refractivity contribution in [3.8, 4) is 0 Å². The van der Waals surface area contributed by atoms with Crippen molar-refractivity contribution in [2.45, 2.75) is 43.0 Å². The second kappa shape index (κ2) is 10.2. The summed E-state index contributed by atoms with van der Waals surface area (Å²) < 4.78 is 29.4. The number of benzene rings is 2. The van der Waals surface area contributed by atoms with Gasteiger partial charge in [-0.05, 0) is 80.3 Å². The fraction of sp³-hybridized carbons (Fsp3) is 0.345. The summed E-state index contributed by atoms with van der Waals surface area (Å²) in [4.78, 5) is 10.5. The monoisotopic (exact) mass is 534 g/mol. The van der Waals surface area contributed by atoms with Crippen molar-refractivity contribution < 1.29 is 8.42 Å². The van der Waals surface area contributed by atoms with Crippen LogP contribution in [0.25, 0.3) is 27.4 Å². The first-order valence-electron chi connectivity index (χ1n) is 13.0. The average molecular weight is 535 g/mol. The van der Waals surface area contributed by atoms with Crippen molar-refractivity contribution in [2.75, 3.05) is 26.2 Å². The van der Waals surface area contributed by atoms with E-state index in [9.17, 15) is 8.42 Å². The summed E-state index contributed by atoms with van der Waals surface area (Å²) in [5.74, 6) is 0. The number of H-pyrrole nitrogens is 1. The van der Waals surface area contributed by atoms with Crippen LogP contribution in [-0.4, -0.2) is 59.8 Å². The van der Waals surface area contributed by atoms with E-state index in [1.54, 1.807) is 28.7 Å². The van der Waals surface area contributed by atoms with E-state index in [0.717, 1.165) is 62.3 Å². The zero-order valence-corrected chi connectivity index (χ0v) is 22.3. The standard InChI is InChI=1S/C29H31ClN4O2S/c30-22-9-10-28-25(19-22)26(20-32-28)21-11-16-33(17-12-21)18-13-23-5-1-2-15-34(23)37(35,36)29-8-3-7-27-24(29)6-4-14-31-27/h3-4,6-11,14,19-20,23,32H,1-2,5,12-13,15-18H2/t23-/m1/s1. The van der Waals surface area contributed by atoms with Crippen LogP contribution in [0.1, 0.15) is 37.7 Å². The molecule has 1 atom stereocenters. The maximum Gasteiger partial charge on any atom is 0.243 e. The molecule has 0 saturated carbocycles. The number of aromatic nitrogens is 2. The van der Waals surface area contributed by atoms with Crippen molar-refractivity contribution in [2.24, 2.45) is 0 Å². The maximum atomic E-state index is 13.8. The third-order valence-electron chi connectivity index (χ3n) is 7.83. The Labute approximate surface area is 223 Å². The number of hydrogen-bond acceptors (Lipinski definition) is 4. The Morgan fingerprint density at radius 3 is 2.84 bits per heavy atom. The Morgan fingerprint density at radius 2 is 1.97 bits per heavy atom. The van der Waals surface area contributed by atoms with Gasteiger partial charge in [0.15, 0.2) is 0 Å². The molecule has 37 heavy (non-hydrogen) atoms. The lowest BCUT2D eigenvalue weighted by molar-refractivity contribution is 0.206. The first kappa shape index (κ1) is 24.6. The summed E-state index contributed by atoms with van der Waals surface area (Å²) in [6.07, 6.45) is 10.8. The normalized spacial score (nSPS) is 19.9. The Bertz CT molecular complexity index is 1570. The van der Waals surface area contributed by atoms with Gasteiger partial charge < -0.3 is 4.98 Å². The molecular formula is C29H31ClN4O2S. The van der Waals surface area contributed by atoms with Crippen LogP contribution in [0, 0.1) is 0 Å². The highest BCUT2D eigenvalue weighted by molar-refractivity contribution is 7.89. The molecule has 6 nitrogen and oxygen atoms in total. The molecule has 0 unspecified atom stereocenters. The first-order chi connectivity index (χ1) is 18.0. The molecular weight excluding hydrogens is 504 g/mol. The van der Waals surface area contributed by atoms with Gasteiger partial charge in [0.25, 0.3) is 0 Å². The molecule has 1 fully saturated rings. The van der Waals surface area contributed by atoms with E-state index < -0.39 is 10.0 Å². The van der Waals surface area contributed by atoms with Crippen LogP contribution in [0.15, 0.2) is 71.9 Å². The van der Waals surface area contributed by atoms with Gasteiger partial charge in [0, 0.05) is 64.9 Å². The van der Waals surface area contributed by atoms with E-state index in [2.05, 4.69) is 27.1 Å². The van der Waals surface area contributed by atoms with Crippen LogP contribution in [0.3, 0.4) is 0 Å². The predicted octanol–water partition coefficient (Wildman–Crippen LogP) is 6.09. The Balaban J connectivity index is 1.16. The summed E-state index contributed by atoms with van der Waals surface area (Å²) in [5, 5.41) is 2.61. The highest BCUT2D eigenvalue weighted by Gasteiger charge is 2.34. The van der Waals surface area contributed by atoms with Gasteiger partial charge in [0.05, 0.1) is 10.4 Å². The smallest absolute Gasteiger partial charge is 0.243 e. The second-order valence-electron chi connectivity index (χ2n) is 10.1. The third kappa shape index (κ3) is 4.81. The highest BCUT2D eigenvalue weighted by Crippen LogP contribution is 2.33. The van der Waals surface area contributed by atoms with Crippen LogP contribution < -0.4 is 0 Å². The van der Waals surface area contributed by atoms with Gasteiger partial charge in [-0.15, -0.1) is 0 Å². The van der Waals surface area contributed by atoms with Gasteiger partial charge in [0.1, 0.15) is 0 Å². The number of rotatable bonds is 6. The minimum absolute atomic E-state index is 0.0202. The van der Waals surface area contributed by atoms with E-state index in [-0.39, 0.29) is 6.04 Å². The number of pyridine rings is 1. The van der Waals surface area contributed by atoms with Crippen LogP contribution in [-0.2, 0) is 10.0 Å². The zero-order valence-electron chi connectivity index (χ0n) is 20.7. The van der Waals surface area contributed by atoms with Crippen LogP contribution in [0.2, 0.25) is 5.02 Å². The summed E-state index contributed by atoms with van der Waals surface area (Å²) in [6.45, 7) is 3.30. The molecule has 1 saturated heterocycles. The summed E-state index contributed by atoms with van der Waals surface area (Å²) in [7, 11) is -3.60. The molecule has 0 spiro atoms. The zero-order chi connectivity index (χ0) is 25.4. The summed E-state index contributed by atoms with van der Waals surface area (Å²) in [5.41, 5.74) is 4.39. The molecule has 192 valence electrons. The molecule has 0 bridgehead atoms. The molecule has 8 heteroatoms. The summed E-state index contributed by atoms with van der Waals surface area (Å²) in [6, 6.07) is 15.0. The first-order valence-corrected chi connectivity index (χ1v) is 14.9. The van der Waals surface area contributed by atoms with E-state index in [1.165, 1.54) is 16.5 Å². The number of fused-ring (bicyclic) bond motifs is 2. The van der Waals surface area contributed by atoms with E-state index >= 15 is 0 Å². The molecule has 0 aliphatic carbocycles. The third-order valence-corrected chi connectivity index (χ3v) is 10.1. The van der Waals surface area contributed by atoms with Crippen molar-refractivity contribution in [3.63, 3.8) is 0 Å². The lowest BCUT2D eigenvalue weighted by atomic mass is 9.98. The van der Waals surface area contributed by atoms with Gasteiger partial charge in [0.2, 0.25) is 10.0 Å². The van der Waals surface area contributed by atoms with Gasteiger partial charge in [-0.25, -0.2) is 8.42 Å². The van der Waals surface area contributed by atoms with E-state index in [0.29, 0.717) is 22.3 Å². The Morgan fingerprint density at radius 1 is 1.05 bits per heavy atom. The number of halogens is 1. The molecule has 1 N–H and O–H groups in total. The molecule has 2 aliphatic rings. The van der Waals surface area contributed by atoms with Crippen molar-refractivity contribution in [3.05, 3.63) is 77.6 Å². The van der Waals surface area contributed by atoms with E-state index in [4.69, 9.17) is 11.6 Å². The minimum atomic E-state index is -3.60. The van der Waals surface area contributed by atoms with Gasteiger partial charge in [-0.2, -0.15) is 4.31 Å². The molecule has 4 heterocycles. The number of nitrogens with zero attached hydrogens (tertiary/aromatic N) is 3. The Hall–Kier alpha value is -2.71. The van der Waals surface area contributed by atoms with Crippen molar-refractivity contribution in [1.29, 1.82) is 0 Å². The van der Waals surface area contributed by atoms with Gasteiger partial charge >= 0.3 is 0 Å². The lowest BCUT2D eigenvalue weighted by Gasteiger charge is -2.36. The largest absolute Gasteiger partial charge is 0.361 e. The van der Waals surface area contributed by atoms with Crippen LogP contribution in [0.4, 0.5) is 0 Å². The average Bonchev–Trinajstić information content (AvgIpc) is 3.35. The van der Waals surface area contributed by atoms with Crippen LogP contribution in [0.5, 0.6) is 0 Å². The second-order valence-corrected chi connectivity index (χ2v) is 12.3. The van der Waals surface area contributed by atoms with Crippen molar-refractivity contribution >= 4 is 49.0 Å². The fourth-order valence-electron chi connectivity index (χ4n) is 5.85. The Kier molecular flexibility index (Phi) is 6.80. The number of nitrogens with one attached hydrogen (secondary N) is 1. The predicted molar refractivity (Wildman–Crippen MR) is 150 cm³/mol. The number of sulfonamides is 1. The molecule has 0 amide bonds. The molecule has 2 aromatic heterocycles. The molecule has 2 aromatic carbocycles. The number of hydrogen-bond donors (Lipinski definition) is 1. The maximum absolute atomic E-state index is 13.8. The summed E-state index contributed by atoms with van der Waals surface area (Å²) >= 11 is 6.24. The minimum Gasteiger partial charge on any atom is -0.361 e. The van der Waals surface area contributed by atoms with Gasteiger partial charge in [-0.3, -0.25) is 9.88 Å². The van der Waals surface area contributed by atoms with Crippen molar-refractivity contribution in [1.82, 2.24) is 19.2 Å². The topological polar surface area (TPSA) is 69.3 Å². The van der Waals surface area contributed by atoms with E-state index in [1.807, 2.05) is 30.3 Å².